The minimum Gasteiger partial charge on any atom is -0.338 e. The van der Waals surface area contributed by atoms with Gasteiger partial charge in [-0.1, -0.05) is 22.9 Å². The van der Waals surface area contributed by atoms with E-state index in [0.29, 0.717) is 5.82 Å². The number of aryl methyl sites for hydroxylation is 2. The highest BCUT2D eigenvalue weighted by Gasteiger charge is 2.20. The molecule has 0 aliphatic heterocycles. The molecule has 6 nitrogen and oxygen atoms in total. The first-order valence-corrected chi connectivity index (χ1v) is 8.65. The van der Waals surface area contributed by atoms with Crippen LogP contribution in [0.15, 0.2) is 52.0 Å². The summed E-state index contributed by atoms with van der Waals surface area (Å²) in [6.07, 6.45) is 1.67. The van der Waals surface area contributed by atoms with E-state index in [0.717, 1.165) is 16.8 Å². The summed E-state index contributed by atoms with van der Waals surface area (Å²) in [5.74, 6) is 0.0658. The maximum atomic E-state index is 12.4. The van der Waals surface area contributed by atoms with Gasteiger partial charge in [0, 0.05) is 17.5 Å². The van der Waals surface area contributed by atoms with Gasteiger partial charge in [-0.25, -0.2) is 8.42 Å². The molecule has 0 radical (unpaired) electrons. The smallest absolute Gasteiger partial charge is 0.242 e. The largest absolute Gasteiger partial charge is 0.338 e. The van der Waals surface area contributed by atoms with Crippen molar-refractivity contribution in [1.82, 2.24) is 15.1 Å². The topological polar surface area (TPSA) is 86.0 Å². The summed E-state index contributed by atoms with van der Waals surface area (Å²) >= 11 is 0. The first-order valence-electron chi connectivity index (χ1n) is 7.00. The van der Waals surface area contributed by atoms with Crippen molar-refractivity contribution in [1.29, 1.82) is 0 Å². The average molecular weight is 329 g/mol. The number of aromatic nitrogens is 3. The molecule has 3 rings (SSSR count). The van der Waals surface area contributed by atoms with Gasteiger partial charge in [0.25, 0.3) is 0 Å². The number of hydrogen-bond acceptors (Lipinski definition) is 6. The molecule has 3 aromatic rings. The van der Waals surface area contributed by atoms with Crippen LogP contribution in [-0.4, -0.2) is 23.5 Å². The predicted octanol–water partition coefficient (Wildman–Crippen LogP) is 2.72. The Morgan fingerprint density at radius 3 is 2.52 bits per heavy atom. The van der Waals surface area contributed by atoms with Crippen LogP contribution < -0.4 is 0 Å². The van der Waals surface area contributed by atoms with Gasteiger partial charge >= 0.3 is 0 Å². The fourth-order valence-electron chi connectivity index (χ4n) is 2.13. The summed E-state index contributed by atoms with van der Waals surface area (Å²) in [6.45, 7) is 3.73. The zero-order chi connectivity index (χ0) is 16.4. The number of benzene rings is 1. The molecule has 0 fully saturated rings. The highest BCUT2D eigenvalue weighted by molar-refractivity contribution is 7.90. The van der Waals surface area contributed by atoms with Crippen LogP contribution >= 0.6 is 0 Å². The highest BCUT2D eigenvalue weighted by Crippen LogP contribution is 2.21. The highest BCUT2D eigenvalue weighted by atomic mass is 32.2. The number of pyridine rings is 1. The lowest BCUT2D eigenvalue weighted by molar-refractivity contribution is 0.389. The minimum atomic E-state index is -3.52. The van der Waals surface area contributed by atoms with E-state index in [-0.39, 0.29) is 16.5 Å². The van der Waals surface area contributed by atoms with Crippen LogP contribution in [0.3, 0.4) is 0 Å². The fraction of sp³-hybridized carbons (Fsp3) is 0.188. The second-order valence-electron chi connectivity index (χ2n) is 5.22. The molecular formula is C16H15N3O3S. The van der Waals surface area contributed by atoms with Gasteiger partial charge in [0.1, 0.15) is 5.75 Å². The summed E-state index contributed by atoms with van der Waals surface area (Å²) < 4.78 is 29.9. The third-order valence-corrected chi connectivity index (χ3v) is 5.03. The van der Waals surface area contributed by atoms with Crippen molar-refractivity contribution in [2.24, 2.45) is 0 Å². The van der Waals surface area contributed by atoms with Crippen molar-refractivity contribution in [3.63, 3.8) is 0 Å². The van der Waals surface area contributed by atoms with Gasteiger partial charge in [-0.3, -0.25) is 4.98 Å². The maximum Gasteiger partial charge on any atom is 0.242 e. The van der Waals surface area contributed by atoms with E-state index in [2.05, 4.69) is 15.1 Å². The molecule has 7 heteroatoms. The van der Waals surface area contributed by atoms with Crippen molar-refractivity contribution in [2.45, 2.75) is 24.5 Å². The molecule has 1 aromatic carbocycles. The first-order chi connectivity index (χ1) is 11.0. The average Bonchev–Trinajstić information content (AvgIpc) is 2.95. The molecule has 2 heterocycles. The summed E-state index contributed by atoms with van der Waals surface area (Å²) in [5.41, 5.74) is 2.47. The van der Waals surface area contributed by atoms with Crippen LogP contribution in [0.2, 0.25) is 0 Å². The third kappa shape index (κ3) is 3.29. The van der Waals surface area contributed by atoms with E-state index in [9.17, 15) is 8.42 Å². The normalized spacial score (nSPS) is 11.6. The third-order valence-electron chi connectivity index (χ3n) is 3.41. The van der Waals surface area contributed by atoms with Gasteiger partial charge in [0.05, 0.1) is 4.90 Å². The molecule has 0 aliphatic carbocycles. The molecule has 0 aliphatic rings. The number of rotatable bonds is 4. The van der Waals surface area contributed by atoms with Gasteiger partial charge in [0.15, 0.2) is 9.84 Å². The van der Waals surface area contributed by atoms with Crippen LogP contribution in [0, 0.1) is 13.8 Å². The lowest BCUT2D eigenvalue weighted by atomic mass is 10.2. The van der Waals surface area contributed by atoms with Gasteiger partial charge in [-0.05, 0) is 38.1 Å². The summed E-state index contributed by atoms with van der Waals surface area (Å²) in [5, 5.41) is 3.85. The summed E-state index contributed by atoms with van der Waals surface area (Å²) in [7, 11) is -3.52. The molecule has 0 N–H and O–H groups in total. The lowest BCUT2D eigenvalue weighted by Crippen LogP contribution is -2.05. The minimum absolute atomic E-state index is 0.0591. The molecule has 0 spiro atoms. The number of nitrogens with zero attached hydrogens (tertiary/aromatic N) is 3. The zero-order valence-corrected chi connectivity index (χ0v) is 13.5. The van der Waals surface area contributed by atoms with Crippen molar-refractivity contribution < 1.29 is 12.9 Å². The van der Waals surface area contributed by atoms with E-state index in [1.54, 1.807) is 36.5 Å². The van der Waals surface area contributed by atoms with Crippen molar-refractivity contribution in [3.05, 3.63) is 59.7 Å². The van der Waals surface area contributed by atoms with Crippen molar-refractivity contribution in [3.8, 4) is 11.4 Å². The monoisotopic (exact) mass is 329 g/mol. The van der Waals surface area contributed by atoms with Crippen LogP contribution in [0.25, 0.3) is 11.4 Å². The summed E-state index contributed by atoms with van der Waals surface area (Å²) in [4.78, 5) is 8.56. The standard InChI is InChI=1S/C16H15N3O3S/c1-11-5-7-13(8-6-11)23(20,21)10-15-18-16(19-22-15)14-4-3-9-17-12(14)2/h3-9H,10H2,1-2H3. The van der Waals surface area contributed by atoms with Crippen LogP contribution in [0.5, 0.6) is 0 Å². The van der Waals surface area contributed by atoms with E-state index in [1.807, 2.05) is 19.9 Å². The number of sulfone groups is 1. The second-order valence-corrected chi connectivity index (χ2v) is 7.21. The Kier molecular flexibility index (Phi) is 3.96. The zero-order valence-electron chi connectivity index (χ0n) is 12.7. The summed E-state index contributed by atoms with van der Waals surface area (Å²) in [6, 6.07) is 10.2. The Morgan fingerprint density at radius 2 is 1.83 bits per heavy atom. The van der Waals surface area contributed by atoms with Gasteiger partial charge in [0.2, 0.25) is 11.7 Å². The van der Waals surface area contributed by atoms with Gasteiger partial charge in [-0.15, -0.1) is 0 Å². The maximum absolute atomic E-state index is 12.4. The van der Waals surface area contributed by atoms with E-state index in [4.69, 9.17) is 4.52 Å². The van der Waals surface area contributed by atoms with E-state index < -0.39 is 9.84 Å². The molecule has 2 aromatic heterocycles. The van der Waals surface area contributed by atoms with E-state index >= 15 is 0 Å². The predicted molar refractivity (Wildman–Crippen MR) is 84.3 cm³/mol. The van der Waals surface area contributed by atoms with E-state index in [1.165, 1.54) is 0 Å². The van der Waals surface area contributed by atoms with Crippen LogP contribution in [0.1, 0.15) is 17.1 Å². The quantitative estimate of drug-likeness (QED) is 0.731. The molecule has 118 valence electrons. The van der Waals surface area contributed by atoms with Crippen molar-refractivity contribution in [2.75, 3.05) is 0 Å². The molecular weight excluding hydrogens is 314 g/mol. The molecule has 0 amide bonds. The second kappa shape index (κ2) is 5.92. The van der Waals surface area contributed by atoms with Crippen LogP contribution in [0.4, 0.5) is 0 Å². The first kappa shape index (κ1) is 15.4. The van der Waals surface area contributed by atoms with Gasteiger partial charge < -0.3 is 4.52 Å². The Morgan fingerprint density at radius 1 is 1.09 bits per heavy atom. The Balaban J connectivity index is 1.87. The fourth-order valence-corrected chi connectivity index (χ4v) is 3.29. The van der Waals surface area contributed by atoms with Crippen molar-refractivity contribution >= 4 is 9.84 Å². The molecule has 23 heavy (non-hydrogen) atoms. The van der Waals surface area contributed by atoms with Crippen LogP contribution in [-0.2, 0) is 15.6 Å². The SMILES string of the molecule is Cc1ccc(S(=O)(=O)Cc2nc(-c3cccnc3C)no2)cc1. The molecule has 0 atom stereocenters. The van der Waals surface area contributed by atoms with Gasteiger partial charge in [-0.2, -0.15) is 4.98 Å². The molecule has 0 saturated heterocycles. The molecule has 0 saturated carbocycles. The molecule has 0 bridgehead atoms. The Hall–Kier alpha value is -2.54. The molecule has 0 unspecified atom stereocenters. The number of hydrogen-bond donors (Lipinski definition) is 0. The Bertz CT molecular complexity index is 931. The lowest BCUT2D eigenvalue weighted by Gasteiger charge is -2.01. The Labute approximate surface area is 134 Å².